The first-order valence-electron chi connectivity index (χ1n) is 10.3. The number of hydrogen-bond donors (Lipinski definition) is 2. The van der Waals surface area contributed by atoms with Gasteiger partial charge in [0, 0.05) is 13.0 Å². The van der Waals surface area contributed by atoms with Gasteiger partial charge in [0.05, 0.1) is 5.56 Å². The molecule has 33 heavy (non-hydrogen) atoms. The highest BCUT2D eigenvalue weighted by atomic mass is 19.4. The molecule has 1 aliphatic rings. The molecule has 0 spiro atoms. The summed E-state index contributed by atoms with van der Waals surface area (Å²) in [4.78, 5) is 38.1. The van der Waals surface area contributed by atoms with Gasteiger partial charge < -0.3 is 15.2 Å². The lowest BCUT2D eigenvalue weighted by molar-refractivity contribution is -0.142. The molecule has 0 saturated carbocycles. The maximum absolute atomic E-state index is 12.8. The maximum Gasteiger partial charge on any atom is 0.416 e. The average molecular weight is 464 g/mol. The van der Waals surface area contributed by atoms with Crippen molar-refractivity contribution in [1.82, 2.24) is 10.2 Å². The fraction of sp³-hybridized carbons (Fsp3) is 0.348. The fourth-order valence-electron chi connectivity index (χ4n) is 3.59. The molecule has 1 aliphatic heterocycles. The molecule has 2 atom stereocenters. The Labute approximate surface area is 188 Å². The van der Waals surface area contributed by atoms with Crippen LogP contribution in [0.2, 0.25) is 0 Å². The van der Waals surface area contributed by atoms with Crippen molar-refractivity contribution in [2.45, 2.75) is 44.1 Å². The lowest BCUT2D eigenvalue weighted by Crippen LogP contribution is -2.51. The Morgan fingerprint density at radius 2 is 1.73 bits per heavy atom. The molecule has 7 nitrogen and oxygen atoms in total. The number of nitrogens with one attached hydrogen (secondary N) is 1. The summed E-state index contributed by atoms with van der Waals surface area (Å²) in [6.07, 6.45) is -4.48. The van der Waals surface area contributed by atoms with Gasteiger partial charge in [0.1, 0.15) is 18.7 Å². The van der Waals surface area contributed by atoms with Crippen molar-refractivity contribution in [2.75, 3.05) is 6.54 Å². The smallest absolute Gasteiger partial charge is 0.416 e. The number of hydrogen-bond acceptors (Lipinski definition) is 4. The largest absolute Gasteiger partial charge is 0.480 e. The Morgan fingerprint density at radius 1 is 1.06 bits per heavy atom. The molecular formula is C23H23F3N2O5. The van der Waals surface area contributed by atoms with Gasteiger partial charge in [-0.2, -0.15) is 13.2 Å². The standard InChI is InChI=1S/C23H23F3N2O5/c24-23(25,26)17-10-8-15(9-11-17)13-18(21(30)31)27-20(29)19-7-4-12-28(19)22(32)33-14-16-5-2-1-3-6-16/h1-3,5-6,8-11,18-19H,4,7,12-14H2,(H,27,29)(H,30,31)/t18-,19+/m0/s1. The number of aliphatic carboxylic acids is 1. The minimum Gasteiger partial charge on any atom is -0.480 e. The second kappa shape index (κ2) is 10.4. The molecule has 2 aromatic carbocycles. The van der Waals surface area contributed by atoms with E-state index in [0.717, 1.165) is 17.7 Å². The van der Waals surface area contributed by atoms with Crippen LogP contribution in [0, 0.1) is 0 Å². The van der Waals surface area contributed by atoms with Crippen LogP contribution in [0.3, 0.4) is 0 Å². The summed E-state index contributed by atoms with van der Waals surface area (Å²) in [6.45, 7) is 0.332. The highest BCUT2D eigenvalue weighted by molar-refractivity contribution is 5.89. The van der Waals surface area contributed by atoms with Crippen molar-refractivity contribution in [2.24, 2.45) is 0 Å². The molecule has 0 aromatic heterocycles. The van der Waals surface area contributed by atoms with Gasteiger partial charge >= 0.3 is 18.2 Å². The number of ether oxygens (including phenoxy) is 1. The molecule has 3 rings (SSSR count). The first-order chi connectivity index (χ1) is 15.6. The topological polar surface area (TPSA) is 95.9 Å². The zero-order valence-electron chi connectivity index (χ0n) is 17.5. The number of benzene rings is 2. The molecule has 1 heterocycles. The number of alkyl halides is 3. The second-order valence-corrected chi connectivity index (χ2v) is 7.69. The van der Waals surface area contributed by atoms with Crippen molar-refractivity contribution in [3.63, 3.8) is 0 Å². The van der Waals surface area contributed by atoms with Crippen molar-refractivity contribution < 1.29 is 37.4 Å². The normalized spacial score (nSPS) is 16.8. The summed E-state index contributed by atoms with van der Waals surface area (Å²) >= 11 is 0. The van der Waals surface area contributed by atoms with E-state index in [0.29, 0.717) is 24.9 Å². The Balaban J connectivity index is 1.60. The Kier molecular flexibility index (Phi) is 7.57. The monoisotopic (exact) mass is 464 g/mol. The molecule has 0 unspecified atom stereocenters. The van der Waals surface area contributed by atoms with Crippen molar-refractivity contribution >= 4 is 18.0 Å². The quantitative estimate of drug-likeness (QED) is 0.653. The molecule has 2 amide bonds. The Morgan fingerprint density at radius 3 is 2.33 bits per heavy atom. The minimum absolute atomic E-state index is 0.0379. The maximum atomic E-state index is 12.8. The van der Waals surface area contributed by atoms with E-state index in [9.17, 15) is 32.7 Å². The molecule has 0 bridgehead atoms. The van der Waals surface area contributed by atoms with Crippen LogP contribution in [0.1, 0.15) is 29.5 Å². The van der Waals surface area contributed by atoms with E-state index < -0.39 is 41.8 Å². The van der Waals surface area contributed by atoms with Crippen LogP contribution in [-0.2, 0) is 33.5 Å². The van der Waals surface area contributed by atoms with Crippen LogP contribution in [0.25, 0.3) is 0 Å². The third-order valence-electron chi connectivity index (χ3n) is 5.33. The Hall–Kier alpha value is -3.56. The van der Waals surface area contributed by atoms with Gasteiger partial charge in [-0.15, -0.1) is 0 Å². The number of carboxylic acids is 1. The summed E-state index contributed by atoms with van der Waals surface area (Å²) in [7, 11) is 0. The molecule has 1 saturated heterocycles. The predicted molar refractivity (Wildman–Crippen MR) is 111 cm³/mol. The molecule has 0 radical (unpaired) electrons. The van der Waals surface area contributed by atoms with Crippen LogP contribution >= 0.6 is 0 Å². The second-order valence-electron chi connectivity index (χ2n) is 7.69. The third-order valence-corrected chi connectivity index (χ3v) is 5.33. The van der Waals surface area contributed by atoms with E-state index >= 15 is 0 Å². The number of rotatable bonds is 7. The summed E-state index contributed by atoms with van der Waals surface area (Å²) in [5, 5.41) is 11.9. The van der Waals surface area contributed by atoms with Crippen molar-refractivity contribution in [3.05, 3.63) is 71.3 Å². The highest BCUT2D eigenvalue weighted by Gasteiger charge is 2.37. The highest BCUT2D eigenvalue weighted by Crippen LogP contribution is 2.29. The summed E-state index contributed by atoms with van der Waals surface area (Å²) in [6, 6.07) is 10.8. The van der Waals surface area contributed by atoms with Gasteiger partial charge in [0.2, 0.25) is 5.91 Å². The van der Waals surface area contributed by atoms with Gasteiger partial charge in [0.25, 0.3) is 0 Å². The molecule has 0 aliphatic carbocycles. The number of amides is 2. The van der Waals surface area contributed by atoms with Crippen LogP contribution in [0.5, 0.6) is 0 Å². The van der Waals surface area contributed by atoms with E-state index in [1.54, 1.807) is 24.3 Å². The van der Waals surface area contributed by atoms with Gasteiger partial charge in [-0.3, -0.25) is 9.69 Å². The van der Waals surface area contributed by atoms with Crippen molar-refractivity contribution in [1.29, 1.82) is 0 Å². The summed E-state index contributed by atoms with van der Waals surface area (Å²) < 4.78 is 43.4. The van der Waals surface area contributed by atoms with Crippen LogP contribution < -0.4 is 5.32 Å². The number of carboxylic acid groups (broad SMARTS) is 1. The molecule has 2 aromatic rings. The van der Waals surface area contributed by atoms with E-state index in [-0.39, 0.29) is 13.0 Å². The number of likely N-dealkylation sites (tertiary alicyclic amines) is 1. The molecule has 2 N–H and O–H groups in total. The first kappa shape index (κ1) is 24.1. The molecule has 1 fully saturated rings. The van der Waals surface area contributed by atoms with E-state index in [1.807, 2.05) is 6.07 Å². The fourth-order valence-corrected chi connectivity index (χ4v) is 3.59. The van der Waals surface area contributed by atoms with E-state index in [1.165, 1.54) is 17.0 Å². The lowest BCUT2D eigenvalue weighted by Gasteiger charge is -2.25. The van der Waals surface area contributed by atoms with E-state index in [4.69, 9.17) is 4.74 Å². The zero-order chi connectivity index (χ0) is 24.0. The SMILES string of the molecule is O=C(O)[C@H](Cc1ccc(C(F)(F)F)cc1)NC(=O)[C@H]1CCCN1C(=O)OCc1ccccc1. The van der Waals surface area contributed by atoms with Crippen molar-refractivity contribution in [3.8, 4) is 0 Å². The van der Waals surface area contributed by atoms with Crippen LogP contribution in [-0.4, -0.2) is 46.6 Å². The molecule has 176 valence electrons. The first-order valence-corrected chi connectivity index (χ1v) is 10.3. The van der Waals surface area contributed by atoms with Gasteiger partial charge in [0.15, 0.2) is 0 Å². The average Bonchev–Trinajstić information content (AvgIpc) is 3.27. The van der Waals surface area contributed by atoms with E-state index in [2.05, 4.69) is 5.32 Å². The molecule has 10 heteroatoms. The third kappa shape index (κ3) is 6.47. The number of nitrogens with zero attached hydrogens (tertiary/aromatic N) is 1. The molecular weight excluding hydrogens is 441 g/mol. The van der Waals surface area contributed by atoms with Gasteiger partial charge in [-0.25, -0.2) is 9.59 Å². The number of carbonyl (C=O) groups excluding carboxylic acids is 2. The lowest BCUT2D eigenvalue weighted by atomic mass is 10.0. The minimum atomic E-state index is -4.50. The number of halogens is 3. The van der Waals surface area contributed by atoms with Gasteiger partial charge in [-0.1, -0.05) is 42.5 Å². The zero-order valence-corrected chi connectivity index (χ0v) is 17.5. The Bertz CT molecular complexity index is 980. The predicted octanol–water partition coefficient (Wildman–Crippen LogP) is 3.62. The summed E-state index contributed by atoms with van der Waals surface area (Å²) in [5.41, 5.74) is 0.257. The van der Waals surface area contributed by atoms with Crippen LogP contribution in [0.15, 0.2) is 54.6 Å². The van der Waals surface area contributed by atoms with Gasteiger partial charge in [-0.05, 0) is 36.1 Å². The number of carbonyl (C=O) groups is 3. The van der Waals surface area contributed by atoms with Crippen LogP contribution in [0.4, 0.5) is 18.0 Å². The summed E-state index contributed by atoms with van der Waals surface area (Å²) in [5.74, 6) is -1.98.